The molecule has 1 aromatic heterocycles. The number of hydrogen-bond donors (Lipinski definition) is 1. The quantitative estimate of drug-likeness (QED) is 0.451. The molecule has 4 rings (SSSR count). The summed E-state index contributed by atoms with van der Waals surface area (Å²) < 4.78 is 46.3. The molecule has 0 saturated carbocycles. The van der Waals surface area contributed by atoms with E-state index in [1.807, 2.05) is 0 Å². The third-order valence-electron chi connectivity index (χ3n) is 4.54. The molecule has 31 heavy (non-hydrogen) atoms. The summed E-state index contributed by atoms with van der Waals surface area (Å²) in [6, 6.07) is 16.1. The van der Waals surface area contributed by atoms with Crippen LogP contribution in [-0.2, 0) is 11.2 Å². The first-order valence-corrected chi connectivity index (χ1v) is 9.42. The number of halogens is 3. The number of hydrogen-bond acceptors (Lipinski definition) is 4. The Morgan fingerprint density at radius 2 is 1.65 bits per heavy atom. The normalized spacial score (nSPS) is 10.8. The smallest absolute Gasteiger partial charge is 0.227 e. The molecule has 0 bridgehead atoms. The molecule has 0 saturated heterocycles. The standard InChI is InChI=1S/C23H16F3N3O2/c24-16-8-6-15(7-9-16)23-28-21(31-29-23)11-10-20(30)27-22-18(12-17(25)13-19(22)26)14-4-2-1-3-5-14/h1-9,12-13H,10-11H2,(H,27,30). The van der Waals surface area contributed by atoms with Gasteiger partial charge in [-0.25, -0.2) is 13.2 Å². The number of rotatable bonds is 6. The van der Waals surface area contributed by atoms with Crippen molar-refractivity contribution in [1.29, 1.82) is 0 Å². The number of carbonyl (C=O) groups excluding carboxylic acids is 1. The Hall–Kier alpha value is -3.94. The summed E-state index contributed by atoms with van der Waals surface area (Å²) in [6.45, 7) is 0. The molecule has 0 aliphatic rings. The third-order valence-corrected chi connectivity index (χ3v) is 4.54. The summed E-state index contributed by atoms with van der Waals surface area (Å²) >= 11 is 0. The third kappa shape index (κ3) is 4.80. The predicted octanol–water partition coefficient (Wildman–Crippen LogP) is 5.39. The van der Waals surface area contributed by atoms with Crippen LogP contribution in [0.3, 0.4) is 0 Å². The van der Waals surface area contributed by atoms with Gasteiger partial charge in [0, 0.05) is 30.0 Å². The van der Waals surface area contributed by atoms with Crippen LogP contribution >= 0.6 is 0 Å². The van der Waals surface area contributed by atoms with E-state index in [0.29, 0.717) is 11.1 Å². The first-order chi connectivity index (χ1) is 15.0. The lowest BCUT2D eigenvalue weighted by atomic mass is 10.0. The molecule has 4 aromatic rings. The van der Waals surface area contributed by atoms with Gasteiger partial charge >= 0.3 is 0 Å². The summed E-state index contributed by atoms with van der Waals surface area (Å²) in [5, 5.41) is 6.32. The first-order valence-electron chi connectivity index (χ1n) is 9.42. The van der Waals surface area contributed by atoms with Gasteiger partial charge in [0.2, 0.25) is 17.6 Å². The molecule has 0 aliphatic carbocycles. The molecule has 5 nitrogen and oxygen atoms in total. The van der Waals surface area contributed by atoms with E-state index in [1.165, 1.54) is 30.3 Å². The van der Waals surface area contributed by atoms with Crippen LogP contribution in [0.15, 0.2) is 71.3 Å². The van der Waals surface area contributed by atoms with E-state index in [-0.39, 0.29) is 41.6 Å². The van der Waals surface area contributed by atoms with Gasteiger partial charge in [-0.05, 0) is 35.9 Å². The molecule has 0 aliphatic heterocycles. The van der Waals surface area contributed by atoms with Crippen molar-refractivity contribution >= 4 is 11.6 Å². The Bertz CT molecular complexity index is 1210. The summed E-state index contributed by atoms with van der Waals surface area (Å²) in [6.07, 6.45) is 0.0552. The number of nitrogens with zero attached hydrogens (tertiary/aromatic N) is 2. The average Bonchev–Trinajstić information content (AvgIpc) is 3.24. The zero-order valence-corrected chi connectivity index (χ0v) is 16.1. The molecule has 156 valence electrons. The van der Waals surface area contributed by atoms with E-state index in [0.717, 1.165) is 6.07 Å². The second kappa shape index (κ2) is 8.83. The maximum Gasteiger partial charge on any atom is 0.227 e. The molecule has 0 radical (unpaired) electrons. The van der Waals surface area contributed by atoms with E-state index in [9.17, 15) is 18.0 Å². The van der Waals surface area contributed by atoms with Crippen LogP contribution in [0.4, 0.5) is 18.9 Å². The first kappa shape index (κ1) is 20.3. The summed E-state index contributed by atoms with van der Waals surface area (Å²) in [5.41, 5.74) is 1.27. The van der Waals surface area contributed by atoms with Crippen molar-refractivity contribution in [2.75, 3.05) is 5.32 Å². The van der Waals surface area contributed by atoms with Crippen molar-refractivity contribution in [2.45, 2.75) is 12.8 Å². The number of aryl methyl sites for hydroxylation is 1. The van der Waals surface area contributed by atoms with E-state index in [2.05, 4.69) is 15.5 Å². The van der Waals surface area contributed by atoms with Crippen LogP contribution in [0.25, 0.3) is 22.5 Å². The number of carbonyl (C=O) groups is 1. The average molecular weight is 423 g/mol. The fraction of sp³-hybridized carbons (Fsp3) is 0.0870. The molecule has 1 heterocycles. The fourth-order valence-electron chi connectivity index (χ4n) is 3.04. The Morgan fingerprint density at radius 3 is 2.39 bits per heavy atom. The van der Waals surface area contributed by atoms with Gasteiger partial charge < -0.3 is 9.84 Å². The van der Waals surface area contributed by atoms with Gasteiger partial charge in [-0.2, -0.15) is 4.98 Å². The molecule has 0 spiro atoms. The van der Waals surface area contributed by atoms with Gasteiger partial charge in [0.15, 0.2) is 0 Å². The molecule has 3 aromatic carbocycles. The second-order valence-corrected chi connectivity index (χ2v) is 6.74. The lowest BCUT2D eigenvalue weighted by Crippen LogP contribution is -2.14. The minimum absolute atomic E-state index is 0.0594. The van der Waals surface area contributed by atoms with Crippen molar-refractivity contribution in [2.24, 2.45) is 0 Å². The predicted molar refractivity (Wildman–Crippen MR) is 108 cm³/mol. The minimum Gasteiger partial charge on any atom is -0.339 e. The van der Waals surface area contributed by atoms with Crippen molar-refractivity contribution in [3.63, 3.8) is 0 Å². The highest BCUT2D eigenvalue weighted by Crippen LogP contribution is 2.31. The van der Waals surface area contributed by atoms with Gasteiger partial charge in [-0.15, -0.1) is 0 Å². The monoisotopic (exact) mass is 423 g/mol. The number of anilines is 1. The molecular formula is C23H16F3N3O2. The summed E-state index contributed by atoms with van der Waals surface area (Å²) in [5.74, 6) is -2.02. The Kier molecular flexibility index (Phi) is 5.79. The van der Waals surface area contributed by atoms with Crippen molar-refractivity contribution in [3.8, 4) is 22.5 Å². The van der Waals surface area contributed by atoms with Gasteiger partial charge in [-0.1, -0.05) is 35.5 Å². The van der Waals surface area contributed by atoms with E-state index in [4.69, 9.17) is 4.52 Å². The van der Waals surface area contributed by atoms with E-state index >= 15 is 0 Å². The molecule has 0 atom stereocenters. The number of amides is 1. The molecular weight excluding hydrogens is 407 g/mol. The molecule has 1 N–H and O–H groups in total. The Balaban J connectivity index is 1.46. The van der Waals surface area contributed by atoms with Crippen LogP contribution < -0.4 is 5.32 Å². The number of nitrogens with one attached hydrogen (secondary N) is 1. The highest BCUT2D eigenvalue weighted by Gasteiger charge is 2.17. The van der Waals surface area contributed by atoms with Crippen molar-refractivity contribution < 1.29 is 22.5 Å². The molecule has 8 heteroatoms. The highest BCUT2D eigenvalue weighted by molar-refractivity contribution is 5.95. The van der Waals surface area contributed by atoms with Crippen LogP contribution in [0.1, 0.15) is 12.3 Å². The van der Waals surface area contributed by atoms with E-state index in [1.54, 1.807) is 30.3 Å². The highest BCUT2D eigenvalue weighted by atomic mass is 19.1. The zero-order valence-electron chi connectivity index (χ0n) is 16.1. The molecule has 1 amide bonds. The molecule has 0 unspecified atom stereocenters. The number of aromatic nitrogens is 2. The lowest BCUT2D eigenvalue weighted by Gasteiger charge is -2.12. The maximum absolute atomic E-state index is 14.4. The maximum atomic E-state index is 14.4. The van der Waals surface area contributed by atoms with Crippen molar-refractivity contribution in [3.05, 3.63) is 90.1 Å². The van der Waals surface area contributed by atoms with Crippen LogP contribution in [0.2, 0.25) is 0 Å². The van der Waals surface area contributed by atoms with Gasteiger partial charge in [0.25, 0.3) is 0 Å². The molecule has 0 fully saturated rings. The van der Waals surface area contributed by atoms with E-state index < -0.39 is 17.5 Å². The Morgan fingerprint density at radius 1 is 0.903 bits per heavy atom. The zero-order chi connectivity index (χ0) is 21.8. The summed E-state index contributed by atoms with van der Waals surface area (Å²) in [4.78, 5) is 16.6. The summed E-state index contributed by atoms with van der Waals surface area (Å²) in [7, 11) is 0. The largest absolute Gasteiger partial charge is 0.339 e. The van der Waals surface area contributed by atoms with Gasteiger partial charge in [-0.3, -0.25) is 4.79 Å². The fourth-order valence-corrected chi connectivity index (χ4v) is 3.04. The lowest BCUT2D eigenvalue weighted by molar-refractivity contribution is -0.116. The Labute approximate surface area is 175 Å². The second-order valence-electron chi connectivity index (χ2n) is 6.74. The van der Waals surface area contributed by atoms with Crippen molar-refractivity contribution in [1.82, 2.24) is 10.1 Å². The topological polar surface area (TPSA) is 68.0 Å². The number of benzene rings is 3. The minimum atomic E-state index is -0.872. The van der Waals surface area contributed by atoms with Gasteiger partial charge in [0.05, 0.1) is 5.69 Å². The van der Waals surface area contributed by atoms with Gasteiger partial charge in [0.1, 0.15) is 17.5 Å². The van der Waals surface area contributed by atoms with Crippen LogP contribution in [0, 0.1) is 17.5 Å². The van der Waals surface area contributed by atoms with Crippen LogP contribution in [0.5, 0.6) is 0 Å². The SMILES string of the molecule is O=C(CCc1nc(-c2ccc(F)cc2)no1)Nc1c(F)cc(F)cc1-c1ccccc1. The van der Waals surface area contributed by atoms with Crippen LogP contribution in [-0.4, -0.2) is 16.0 Å².